The second kappa shape index (κ2) is 3.98. The fourth-order valence-electron chi connectivity index (χ4n) is 0.644. The Hall–Kier alpha value is -0.210. The smallest absolute Gasteiger partial charge is 0.140 e. The van der Waals surface area contributed by atoms with Crippen LogP contribution in [0.1, 0.15) is 12.7 Å². The lowest BCUT2D eigenvalue weighted by Gasteiger charge is -1.89. The van der Waals surface area contributed by atoms with E-state index in [0.717, 1.165) is 10.2 Å². The van der Waals surface area contributed by atoms with E-state index < -0.39 is 0 Å². The van der Waals surface area contributed by atoms with E-state index >= 15 is 0 Å². The van der Waals surface area contributed by atoms with E-state index in [0.29, 0.717) is 0 Å². The maximum Gasteiger partial charge on any atom is 0.140 e. The lowest BCUT2D eigenvalue weighted by Crippen LogP contribution is -1.79. The first-order valence-electron chi connectivity index (χ1n) is 3.25. The Balaban J connectivity index is 2.71. The molecule has 0 fully saturated rings. The van der Waals surface area contributed by atoms with Crippen LogP contribution in [0.4, 0.5) is 0 Å². The average molecular weight is 236 g/mol. The van der Waals surface area contributed by atoms with Gasteiger partial charge in [-0.15, -0.1) is 11.6 Å². The molecule has 0 spiro atoms. The molecule has 0 aliphatic rings. The number of alkyl halides is 1. The molecule has 60 valence electrons. The molecule has 0 aliphatic carbocycles. The predicted octanol–water partition coefficient (Wildman–Crippen LogP) is 3.68. The van der Waals surface area contributed by atoms with Crippen LogP contribution >= 0.6 is 27.5 Å². The molecule has 0 aromatic carbocycles. The van der Waals surface area contributed by atoms with Crippen molar-refractivity contribution in [3.8, 4) is 0 Å². The SMILES string of the molecule is CC(Cl)/C=C/c1occc1Br. The molecule has 0 aliphatic heterocycles. The van der Waals surface area contributed by atoms with E-state index in [1.165, 1.54) is 0 Å². The fourth-order valence-corrected chi connectivity index (χ4v) is 1.05. The third-order valence-corrected chi connectivity index (χ3v) is 1.96. The zero-order valence-corrected chi connectivity index (χ0v) is 8.39. The number of allylic oxidation sites excluding steroid dienone is 1. The van der Waals surface area contributed by atoms with Crippen molar-refractivity contribution < 1.29 is 4.42 Å². The molecule has 0 bridgehead atoms. The van der Waals surface area contributed by atoms with Crippen molar-refractivity contribution in [3.05, 3.63) is 28.6 Å². The Labute approximate surface area is 79.2 Å². The summed E-state index contributed by atoms with van der Waals surface area (Å²) in [5, 5.41) is 0.0343. The molecule has 0 radical (unpaired) electrons. The summed E-state index contributed by atoms with van der Waals surface area (Å²) in [6.45, 7) is 1.90. The predicted molar refractivity (Wildman–Crippen MR) is 50.8 cm³/mol. The lowest BCUT2D eigenvalue weighted by molar-refractivity contribution is 0.555. The van der Waals surface area contributed by atoms with Gasteiger partial charge in [-0.05, 0) is 35.0 Å². The van der Waals surface area contributed by atoms with E-state index in [-0.39, 0.29) is 5.38 Å². The monoisotopic (exact) mass is 234 g/mol. The second-order valence-corrected chi connectivity index (χ2v) is 3.71. The number of hydrogen-bond acceptors (Lipinski definition) is 1. The van der Waals surface area contributed by atoms with Crippen LogP contribution in [0, 0.1) is 0 Å². The van der Waals surface area contributed by atoms with Crippen molar-refractivity contribution in [2.75, 3.05) is 0 Å². The van der Waals surface area contributed by atoms with Crippen molar-refractivity contribution in [1.82, 2.24) is 0 Å². The van der Waals surface area contributed by atoms with Crippen LogP contribution in [0.5, 0.6) is 0 Å². The molecule has 1 unspecified atom stereocenters. The highest BCUT2D eigenvalue weighted by atomic mass is 79.9. The number of furan rings is 1. The van der Waals surface area contributed by atoms with Gasteiger partial charge in [-0.1, -0.05) is 6.08 Å². The zero-order valence-electron chi connectivity index (χ0n) is 6.05. The van der Waals surface area contributed by atoms with E-state index in [4.69, 9.17) is 16.0 Å². The Morgan fingerprint density at radius 3 is 2.91 bits per heavy atom. The molecule has 3 heteroatoms. The van der Waals surface area contributed by atoms with Gasteiger partial charge in [-0.2, -0.15) is 0 Å². The van der Waals surface area contributed by atoms with E-state index in [1.54, 1.807) is 6.26 Å². The van der Waals surface area contributed by atoms with Crippen LogP contribution in [0.2, 0.25) is 0 Å². The van der Waals surface area contributed by atoms with Crippen LogP contribution in [-0.4, -0.2) is 5.38 Å². The van der Waals surface area contributed by atoms with Gasteiger partial charge in [0.25, 0.3) is 0 Å². The second-order valence-electron chi connectivity index (χ2n) is 2.17. The van der Waals surface area contributed by atoms with Crippen molar-refractivity contribution in [2.24, 2.45) is 0 Å². The summed E-state index contributed by atoms with van der Waals surface area (Å²) in [6.07, 6.45) is 5.34. The summed E-state index contributed by atoms with van der Waals surface area (Å²) in [6, 6.07) is 1.85. The van der Waals surface area contributed by atoms with E-state index in [9.17, 15) is 0 Å². The first-order valence-corrected chi connectivity index (χ1v) is 4.48. The van der Waals surface area contributed by atoms with Crippen LogP contribution in [-0.2, 0) is 0 Å². The zero-order chi connectivity index (χ0) is 8.27. The normalized spacial score (nSPS) is 14.1. The molecular formula is C8H8BrClO. The largest absolute Gasteiger partial charge is 0.464 e. The van der Waals surface area contributed by atoms with Crippen molar-refractivity contribution in [3.63, 3.8) is 0 Å². The molecule has 1 aromatic rings. The highest BCUT2D eigenvalue weighted by molar-refractivity contribution is 9.10. The standard InChI is InChI=1S/C8H8BrClO/c1-6(10)2-3-8-7(9)4-5-11-8/h2-6H,1H3/b3-2+. The van der Waals surface area contributed by atoms with E-state index in [1.807, 2.05) is 25.1 Å². The molecule has 1 atom stereocenters. The number of halogens is 2. The number of rotatable bonds is 2. The Bertz CT molecular complexity index is 252. The van der Waals surface area contributed by atoms with Gasteiger partial charge in [0, 0.05) is 5.38 Å². The quantitative estimate of drug-likeness (QED) is 0.713. The molecule has 1 aromatic heterocycles. The minimum Gasteiger partial charge on any atom is -0.464 e. The van der Waals surface area contributed by atoms with Gasteiger partial charge in [0.05, 0.1) is 10.7 Å². The first-order chi connectivity index (χ1) is 5.20. The topological polar surface area (TPSA) is 13.1 Å². The maximum atomic E-state index is 5.70. The molecule has 1 heterocycles. The van der Waals surface area contributed by atoms with Gasteiger partial charge < -0.3 is 4.42 Å². The first kappa shape index (κ1) is 8.88. The molecule has 11 heavy (non-hydrogen) atoms. The van der Waals surface area contributed by atoms with Crippen molar-refractivity contribution >= 4 is 33.6 Å². The van der Waals surface area contributed by atoms with Crippen LogP contribution in [0.25, 0.3) is 6.08 Å². The Morgan fingerprint density at radius 2 is 2.45 bits per heavy atom. The van der Waals surface area contributed by atoms with Gasteiger partial charge >= 0.3 is 0 Å². The summed E-state index contributed by atoms with van der Waals surface area (Å²) in [5.74, 6) is 0.803. The van der Waals surface area contributed by atoms with Gasteiger partial charge in [0.2, 0.25) is 0 Å². The van der Waals surface area contributed by atoms with Crippen LogP contribution < -0.4 is 0 Å². The summed E-state index contributed by atoms with van der Waals surface area (Å²) in [5.41, 5.74) is 0. The Kier molecular flexibility index (Phi) is 3.21. The number of hydrogen-bond donors (Lipinski definition) is 0. The highest BCUT2D eigenvalue weighted by Gasteiger charge is 1.97. The maximum absolute atomic E-state index is 5.70. The summed E-state index contributed by atoms with van der Waals surface area (Å²) < 4.78 is 6.07. The summed E-state index contributed by atoms with van der Waals surface area (Å²) in [7, 11) is 0. The van der Waals surface area contributed by atoms with Gasteiger partial charge in [0.15, 0.2) is 0 Å². The third-order valence-electron chi connectivity index (χ3n) is 1.16. The molecule has 0 amide bonds. The van der Waals surface area contributed by atoms with Gasteiger partial charge in [-0.25, -0.2) is 0 Å². The van der Waals surface area contributed by atoms with Gasteiger partial charge in [0.1, 0.15) is 5.76 Å². The van der Waals surface area contributed by atoms with Crippen LogP contribution in [0.3, 0.4) is 0 Å². The highest BCUT2D eigenvalue weighted by Crippen LogP contribution is 2.19. The third kappa shape index (κ3) is 2.72. The molecule has 1 nitrogen and oxygen atoms in total. The molecular weight excluding hydrogens is 227 g/mol. The van der Waals surface area contributed by atoms with E-state index in [2.05, 4.69) is 15.9 Å². The van der Waals surface area contributed by atoms with Gasteiger partial charge in [-0.3, -0.25) is 0 Å². The minimum absolute atomic E-state index is 0.0343. The summed E-state index contributed by atoms with van der Waals surface area (Å²) >= 11 is 9.03. The molecule has 0 saturated heterocycles. The molecule has 0 saturated carbocycles. The average Bonchev–Trinajstić information content (AvgIpc) is 2.31. The molecule has 1 rings (SSSR count). The summed E-state index contributed by atoms with van der Waals surface area (Å²) in [4.78, 5) is 0. The fraction of sp³-hybridized carbons (Fsp3) is 0.250. The molecule has 0 N–H and O–H groups in total. The van der Waals surface area contributed by atoms with Crippen LogP contribution in [0.15, 0.2) is 27.3 Å². The minimum atomic E-state index is 0.0343. The Morgan fingerprint density at radius 1 is 1.73 bits per heavy atom. The van der Waals surface area contributed by atoms with Crippen molar-refractivity contribution in [1.29, 1.82) is 0 Å². The van der Waals surface area contributed by atoms with Crippen molar-refractivity contribution in [2.45, 2.75) is 12.3 Å². The lowest BCUT2D eigenvalue weighted by atomic mass is 10.3.